The van der Waals surface area contributed by atoms with E-state index in [1.54, 1.807) is 0 Å². The normalized spacial score (nSPS) is 21.7. The molecule has 0 atom stereocenters. The van der Waals surface area contributed by atoms with Gasteiger partial charge in [0.25, 0.3) is 0 Å². The lowest BCUT2D eigenvalue weighted by atomic mass is 9.93. The first kappa shape index (κ1) is 17.4. The highest BCUT2D eigenvalue weighted by molar-refractivity contribution is 5.45. The predicted octanol–water partition coefficient (Wildman–Crippen LogP) is 0.880. The molecule has 0 spiro atoms. The summed E-state index contributed by atoms with van der Waals surface area (Å²) in [4.78, 5) is 13.7. The molecular formula is C17H29N5O2. The molecule has 0 radical (unpaired) electrons. The van der Waals surface area contributed by atoms with Crippen molar-refractivity contribution < 1.29 is 9.84 Å². The molecule has 2 aliphatic heterocycles. The molecule has 2 saturated heterocycles. The predicted molar refractivity (Wildman–Crippen MR) is 94.6 cm³/mol. The summed E-state index contributed by atoms with van der Waals surface area (Å²) in [7, 11) is 0. The highest BCUT2D eigenvalue weighted by Crippen LogP contribution is 2.23. The maximum absolute atomic E-state index is 10.7. The van der Waals surface area contributed by atoms with E-state index in [2.05, 4.69) is 25.1 Å². The zero-order valence-electron chi connectivity index (χ0n) is 14.8. The number of aliphatic hydroxyl groups is 1. The summed E-state index contributed by atoms with van der Waals surface area (Å²) >= 11 is 0. The Morgan fingerprint density at radius 3 is 2.58 bits per heavy atom. The van der Waals surface area contributed by atoms with Gasteiger partial charge in [-0.3, -0.25) is 4.90 Å². The summed E-state index contributed by atoms with van der Waals surface area (Å²) in [6, 6.07) is 2.04. The smallest absolute Gasteiger partial charge is 0.224 e. The van der Waals surface area contributed by atoms with E-state index in [1.807, 2.05) is 19.9 Å². The first-order valence-corrected chi connectivity index (χ1v) is 8.95. The Hall–Kier alpha value is -1.44. The molecule has 0 aromatic carbocycles. The largest absolute Gasteiger partial charge is 0.388 e. The van der Waals surface area contributed by atoms with Gasteiger partial charge in [0.15, 0.2) is 0 Å². The fourth-order valence-corrected chi connectivity index (χ4v) is 3.41. The molecule has 1 aromatic rings. The minimum atomic E-state index is -0.579. The van der Waals surface area contributed by atoms with Crippen molar-refractivity contribution in [2.75, 3.05) is 62.7 Å². The summed E-state index contributed by atoms with van der Waals surface area (Å²) in [5, 5.41) is 13.9. The van der Waals surface area contributed by atoms with Gasteiger partial charge in [0, 0.05) is 77.1 Å². The molecule has 0 unspecified atom stereocenters. The second kappa shape index (κ2) is 7.63. The number of piperazine rings is 1. The summed E-state index contributed by atoms with van der Waals surface area (Å²) in [5.41, 5.74) is 0.402. The molecule has 0 bridgehead atoms. The van der Waals surface area contributed by atoms with Crippen LogP contribution < -0.4 is 10.2 Å². The number of nitrogens with zero attached hydrogens (tertiary/aromatic N) is 4. The van der Waals surface area contributed by atoms with Crippen LogP contribution in [0.1, 0.15) is 25.5 Å². The zero-order valence-corrected chi connectivity index (χ0v) is 14.8. The van der Waals surface area contributed by atoms with Crippen LogP contribution in [0, 0.1) is 6.92 Å². The number of anilines is 2. The second-order valence-corrected chi connectivity index (χ2v) is 6.82. The first-order chi connectivity index (χ1) is 11.6. The van der Waals surface area contributed by atoms with Crippen molar-refractivity contribution in [1.29, 1.82) is 0 Å². The van der Waals surface area contributed by atoms with Crippen molar-refractivity contribution in [3.8, 4) is 0 Å². The Kier molecular flexibility index (Phi) is 5.53. The van der Waals surface area contributed by atoms with Crippen LogP contribution in [0.15, 0.2) is 6.07 Å². The van der Waals surface area contributed by atoms with Crippen molar-refractivity contribution in [1.82, 2.24) is 14.9 Å². The molecule has 3 heterocycles. The number of hydrogen-bond donors (Lipinski definition) is 2. The molecule has 0 saturated carbocycles. The quantitative estimate of drug-likeness (QED) is 0.827. The van der Waals surface area contributed by atoms with E-state index in [0.29, 0.717) is 19.2 Å². The van der Waals surface area contributed by atoms with Gasteiger partial charge in [0.1, 0.15) is 5.82 Å². The number of aromatic nitrogens is 2. The fourth-order valence-electron chi connectivity index (χ4n) is 3.41. The molecule has 134 valence electrons. The van der Waals surface area contributed by atoms with E-state index in [9.17, 15) is 5.11 Å². The molecule has 0 aliphatic carbocycles. The van der Waals surface area contributed by atoms with Crippen molar-refractivity contribution in [2.24, 2.45) is 0 Å². The lowest BCUT2D eigenvalue weighted by Crippen LogP contribution is -2.53. The Morgan fingerprint density at radius 1 is 1.21 bits per heavy atom. The maximum Gasteiger partial charge on any atom is 0.224 e. The van der Waals surface area contributed by atoms with Gasteiger partial charge in [-0.1, -0.05) is 0 Å². The number of ether oxygens (including phenoxy) is 1. The summed E-state index contributed by atoms with van der Waals surface area (Å²) in [5.74, 6) is 1.69. The van der Waals surface area contributed by atoms with Gasteiger partial charge in [-0.15, -0.1) is 0 Å². The van der Waals surface area contributed by atoms with Gasteiger partial charge >= 0.3 is 0 Å². The Bertz CT molecular complexity index is 540. The molecule has 24 heavy (non-hydrogen) atoms. The number of aryl methyl sites for hydroxylation is 1. The number of β-amino-alcohol motifs (C(OH)–C–C–N with tert-alkyl or cyclic N) is 1. The third kappa shape index (κ3) is 4.34. The minimum absolute atomic E-state index is 0.579. The summed E-state index contributed by atoms with van der Waals surface area (Å²) < 4.78 is 5.36. The zero-order chi connectivity index (χ0) is 17.0. The Balaban J connectivity index is 1.57. The van der Waals surface area contributed by atoms with E-state index in [4.69, 9.17) is 4.74 Å². The lowest BCUT2D eigenvalue weighted by Gasteiger charge is -2.41. The number of nitrogens with one attached hydrogen (secondary N) is 1. The van der Waals surface area contributed by atoms with E-state index in [0.717, 1.165) is 63.6 Å². The van der Waals surface area contributed by atoms with Crippen molar-refractivity contribution in [3.05, 3.63) is 11.8 Å². The molecule has 3 rings (SSSR count). The standard InChI is InChI=1S/C17H29N5O2/c1-3-18-16-19-14(2)12-15(20-16)22-8-6-21(7-9-22)13-17(23)4-10-24-11-5-17/h12,23H,3-11,13H2,1-2H3,(H,18,19,20). The van der Waals surface area contributed by atoms with Crippen LogP contribution in [0.5, 0.6) is 0 Å². The van der Waals surface area contributed by atoms with E-state index in [1.165, 1.54) is 0 Å². The topological polar surface area (TPSA) is 73.8 Å². The molecule has 7 heteroatoms. The molecule has 2 N–H and O–H groups in total. The van der Waals surface area contributed by atoms with Crippen LogP contribution in [0.4, 0.5) is 11.8 Å². The van der Waals surface area contributed by atoms with Crippen molar-refractivity contribution >= 4 is 11.8 Å². The van der Waals surface area contributed by atoms with Crippen LogP contribution in [-0.4, -0.2) is 78.1 Å². The van der Waals surface area contributed by atoms with Crippen LogP contribution in [0.2, 0.25) is 0 Å². The van der Waals surface area contributed by atoms with Crippen LogP contribution in [0.25, 0.3) is 0 Å². The van der Waals surface area contributed by atoms with Gasteiger partial charge in [-0.2, -0.15) is 4.98 Å². The van der Waals surface area contributed by atoms with Crippen molar-refractivity contribution in [2.45, 2.75) is 32.3 Å². The third-order valence-corrected chi connectivity index (χ3v) is 4.81. The second-order valence-electron chi connectivity index (χ2n) is 6.82. The molecule has 1 aromatic heterocycles. The van der Waals surface area contributed by atoms with E-state index >= 15 is 0 Å². The van der Waals surface area contributed by atoms with Crippen LogP contribution >= 0.6 is 0 Å². The summed E-state index contributed by atoms with van der Waals surface area (Å²) in [6.07, 6.45) is 1.48. The third-order valence-electron chi connectivity index (χ3n) is 4.81. The average molecular weight is 335 g/mol. The molecule has 7 nitrogen and oxygen atoms in total. The van der Waals surface area contributed by atoms with E-state index < -0.39 is 5.60 Å². The SMILES string of the molecule is CCNc1nc(C)cc(N2CCN(CC3(O)CCOCC3)CC2)n1. The molecule has 2 fully saturated rings. The van der Waals surface area contributed by atoms with Gasteiger partial charge < -0.3 is 20.1 Å². The highest BCUT2D eigenvalue weighted by atomic mass is 16.5. The Morgan fingerprint density at radius 2 is 1.92 bits per heavy atom. The molecule has 0 amide bonds. The van der Waals surface area contributed by atoms with Crippen LogP contribution in [0.3, 0.4) is 0 Å². The molecular weight excluding hydrogens is 306 g/mol. The average Bonchev–Trinajstić information content (AvgIpc) is 2.55. The van der Waals surface area contributed by atoms with Gasteiger partial charge in [-0.05, 0) is 13.8 Å². The summed E-state index contributed by atoms with van der Waals surface area (Å²) in [6.45, 7) is 10.7. The first-order valence-electron chi connectivity index (χ1n) is 8.95. The lowest BCUT2D eigenvalue weighted by molar-refractivity contribution is -0.0802. The van der Waals surface area contributed by atoms with Crippen LogP contribution in [-0.2, 0) is 4.74 Å². The van der Waals surface area contributed by atoms with Gasteiger partial charge in [0.2, 0.25) is 5.95 Å². The highest BCUT2D eigenvalue weighted by Gasteiger charge is 2.33. The monoisotopic (exact) mass is 335 g/mol. The number of hydrogen-bond acceptors (Lipinski definition) is 7. The maximum atomic E-state index is 10.7. The Labute approximate surface area is 144 Å². The van der Waals surface area contributed by atoms with E-state index in [-0.39, 0.29) is 0 Å². The fraction of sp³-hybridized carbons (Fsp3) is 0.765. The van der Waals surface area contributed by atoms with Crippen molar-refractivity contribution in [3.63, 3.8) is 0 Å². The minimum Gasteiger partial charge on any atom is -0.388 e. The molecule has 2 aliphatic rings. The van der Waals surface area contributed by atoms with Gasteiger partial charge in [-0.25, -0.2) is 4.98 Å². The van der Waals surface area contributed by atoms with Gasteiger partial charge in [0.05, 0.1) is 5.60 Å². The number of rotatable bonds is 5.